The van der Waals surface area contributed by atoms with Crippen LogP contribution in [0.2, 0.25) is 0 Å². The van der Waals surface area contributed by atoms with E-state index in [1.54, 1.807) is 6.92 Å². The molecule has 1 aliphatic heterocycles. The van der Waals surface area contributed by atoms with E-state index in [4.69, 9.17) is 10.8 Å². The molecule has 2 heterocycles. The lowest BCUT2D eigenvalue weighted by Crippen LogP contribution is -2.42. The van der Waals surface area contributed by atoms with Crippen LogP contribution >= 0.6 is 0 Å². The van der Waals surface area contributed by atoms with E-state index in [-0.39, 0.29) is 12.5 Å². The largest absolute Gasteiger partial charge is 0.481 e. The molecule has 0 spiro atoms. The Bertz CT molecular complexity index is 572. The van der Waals surface area contributed by atoms with E-state index >= 15 is 0 Å². The van der Waals surface area contributed by atoms with Gasteiger partial charge in [-0.05, 0) is 39.2 Å². The normalized spacial score (nSPS) is 18.6. The van der Waals surface area contributed by atoms with Gasteiger partial charge in [0.15, 0.2) is 0 Å². The molecule has 0 saturated carbocycles. The minimum atomic E-state index is -0.824. The number of carbonyl (C=O) groups excluding carboxylic acids is 1. The molecule has 114 valence electrons. The third-order valence-corrected chi connectivity index (χ3v) is 3.90. The summed E-state index contributed by atoms with van der Waals surface area (Å²) in [6, 6.07) is 1.73. The quantitative estimate of drug-likeness (QED) is 0.879. The Morgan fingerprint density at radius 2 is 2.14 bits per heavy atom. The van der Waals surface area contributed by atoms with E-state index in [2.05, 4.69) is 4.98 Å². The number of carbonyl (C=O) groups is 2. The predicted molar refractivity (Wildman–Crippen MR) is 79.5 cm³/mol. The van der Waals surface area contributed by atoms with Gasteiger partial charge in [0.25, 0.3) is 5.91 Å². The van der Waals surface area contributed by atoms with E-state index in [1.807, 2.05) is 17.9 Å². The molecule has 2 rings (SSSR count). The fraction of sp³-hybridized carbons (Fsp3) is 0.533. The Hall–Kier alpha value is -2.11. The van der Waals surface area contributed by atoms with E-state index in [9.17, 15) is 9.59 Å². The number of piperidine rings is 1. The Kier molecular flexibility index (Phi) is 4.45. The van der Waals surface area contributed by atoms with Crippen molar-refractivity contribution < 1.29 is 14.7 Å². The van der Waals surface area contributed by atoms with Gasteiger partial charge in [0, 0.05) is 18.3 Å². The summed E-state index contributed by atoms with van der Waals surface area (Å²) < 4.78 is 0. The highest BCUT2D eigenvalue weighted by molar-refractivity contribution is 6.00. The highest BCUT2D eigenvalue weighted by atomic mass is 16.4. The molecule has 0 radical (unpaired) electrons. The minimum absolute atomic E-state index is 0.0681. The molecule has 1 saturated heterocycles. The predicted octanol–water partition coefficient (Wildman–Crippen LogP) is 1.63. The first-order chi connectivity index (χ1) is 9.90. The molecule has 0 aromatic carbocycles. The van der Waals surface area contributed by atoms with Crippen molar-refractivity contribution in [3.63, 3.8) is 0 Å². The number of aromatic nitrogens is 1. The van der Waals surface area contributed by atoms with Crippen molar-refractivity contribution in [1.82, 2.24) is 4.98 Å². The first kappa shape index (κ1) is 15.3. The molecule has 1 unspecified atom stereocenters. The molecule has 0 aliphatic carbocycles. The fourth-order valence-electron chi connectivity index (χ4n) is 3.07. The Balaban J connectivity index is 2.46. The van der Waals surface area contributed by atoms with Crippen LogP contribution < -0.4 is 10.6 Å². The summed E-state index contributed by atoms with van der Waals surface area (Å²) in [6.07, 6.45) is 2.86. The number of aliphatic carboxylic acids is 1. The molecule has 1 atom stereocenters. The van der Waals surface area contributed by atoms with E-state index in [0.717, 1.165) is 37.2 Å². The number of hydrogen-bond acceptors (Lipinski definition) is 4. The van der Waals surface area contributed by atoms with Gasteiger partial charge in [-0.1, -0.05) is 0 Å². The third-order valence-electron chi connectivity index (χ3n) is 3.90. The van der Waals surface area contributed by atoms with Gasteiger partial charge >= 0.3 is 5.97 Å². The van der Waals surface area contributed by atoms with Crippen molar-refractivity contribution in [2.24, 2.45) is 5.73 Å². The number of aryl methyl sites for hydroxylation is 2. The van der Waals surface area contributed by atoms with Gasteiger partial charge in [-0.2, -0.15) is 0 Å². The molecule has 0 bridgehead atoms. The lowest BCUT2D eigenvalue weighted by molar-refractivity contribution is -0.137. The number of rotatable bonds is 4. The molecular formula is C15H21N3O3. The van der Waals surface area contributed by atoms with Gasteiger partial charge in [-0.3, -0.25) is 14.6 Å². The molecule has 6 nitrogen and oxygen atoms in total. The zero-order valence-corrected chi connectivity index (χ0v) is 12.4. The number of nitrogens with zero attached hydrogens (tertiary/aromatic N) is 2. The number of pyridine rings is 1. The number of anilines is 1. The SMILES string of the molecule is Cc1cc(N2CCCCC2CC(=O)O)c(C(N)=O)c(C)n1. The lowest BCUT2D eigenvalue weighted by Gasteiger charge is -2.38. The standard InChI is InChI=1S/C15H21N3O3/c1-9-7-12(14(15(16)21)10(2)17-9)18-6-4-3-5-11(18)8-13(19)20/h7,11H,3-6,8H2,1-2H3,(H2,16,21)(H,19,20). The smallest absolute Gasteiger partial charge is 0.305 e. The van der Waals surface area contributed by atoms with Crippen molar-refractivity contribution in [3.05, 3.63) is 23.0 Å². The van der Waals surface area contributed by atoms with Crippen molar-refractivity contribution in [2.45, 2.75) is 45.6 Å². The van der Waals surface area contributed by atoms with E-state index in [0.29, 0.717) is 11.3 Å². The highest BCUT2D eigenvalue weighted by Crippen LogP contribution is 2.31. The minimum Gasteiger partial charge on any atom is -0.481 e. The molecule has 1 amide bonds. The average molecular weight is 291 g/mol. The molecule has 6 heteroatoms. The number of hydrogen-bond donors (Lipinski definition) is 2. The van der Waals surface area contributed by atoms with Gasteiger partial charge in [-0.15, -0.1) is 0 Å². The van der Waals surface area contributed by atoms with Crippen LogP contribution in [0.3, 0.4) is 0 Å². The highest BCUT2D eigenvalue weighted by Gasteiger charge is 2.28. The Morgan fingerprint density at radius 1 is 1.43 bits per heavy atom. The van der Waals surface area contributed by atoms with Gasteiger partial charge in [0.1, 0.15) is 0 Å². The van der Waals surface area contributed by atoms with Crippen LogP contribution in [0.4, 0.5) is 5.69 Å². The number of nitrogens with two attached hydrogens (primary N) is 1. The second-order valence-electron chi connectivity index (χ2n) is 5.55. The second-order valence-corrected chi connectivity index (χ2v) is 5.55. The molecular weight excluding hydrogens is 270 g/mol. The average Bonchev–Trinajstić information content (AvgIpc) is 2.37. The maximum Gasteiger partial charge on any atom is 0.305 e. The van der Waals surface area contributed by atoms with Crippen LogP contribution in [0.25, 0.3) is 0 Å². The van der Waals surface area contributed by atoms with Crippen molar-refractivity contribution in [1.29, 1.82) is 0 Å². The molecule has 3 N–H and O–H groups in total. The van der Waals surface area contributed by atoms with Crippen LogP contribution in [0, 0.1) is 13.8 Å². The van der Waals surface area contributed by atoms with Gasteiger partial charge in [0.2, 0.25) is 0 Å². The summed E-state index contributed by atoms with van der Waals surface area (Å²) in [7, 11) is 0. The van der Waals surface area contributed by atoms with Crippen molar-refractivity contribution >= 4 is 17.6 Å². The van der Waals surface area contributed by atoms with Gasteiger partial charge < -0.3 is 15.7 Å². The summed E-state index contributed by atoms with van der Waals surface area (Å²) in [5, 5.41) is 9.09. The van der Waals surface area contributed by atoms with Crippen LogP contribution in [-0.2, 0) is 4.79 Å². The zero-order valence-electron chi connectivity index (χ0n) is 12.4. The zero-order chi connectivity index (χ0) is 15.6. The number of primary amides is 1. The molecule has 1 aromatic rings. The summed E-state index contributed by atoms with van der Waals surface area (Å²) in [5.74, 6) is -1.34. The number of amides is 1. The van der Waals surface area contributed by atoms with Crippen molar-refractivity contribution in [3.8, 4) is 0 Å². The molecule has 21 heavy (non-hydrogen) atoms. The van der Waals surface area contributed by atoms with E-state index < -0.39 is 11.9 Å². The molecule has 1 aromatic heterocycles. The second kappa shape index (κ2) is 6.11. The monoisotopic (exact) mass is 291 g/mol. The lowest BCUT2D eigenvalue weighted by atomic mass is 9.97. The number of carboxylic acids is 1. The van der Waals surface area contributed by atoms with Gasteiger partial charge in [0.05, 0.1) is 23.4 Å². The van der Waals surface area contributed by atoms with Crippen LogP contribution in [0.15, 0.2) is 6.07 Å². The maximum atomic E-state index is 11.8. The van der Waals surface area contributed by atoms with E-state index in [1.165, 1.54) is 0 Å². The van der Waals surface area contributed by atoms with Crippen molar-refractivity contribution in [2.75, 3.05) is 11.4 Å². The topological polar surface area (TPSA) is 96.5 Å². The third kappa shape index (κ3) is 3.32. The summed E-state index contributed by atoms with van der Waals surface area (Å²) in [6.45, 7) is 4.35. The summed E-state index contributed by atoms with van der Waals surface area (Å²) >= 11 is 0. The van der Waals surface area contributed by atoms with Crippen LogP contribution in [0.5, 0.6) is 0 Å². The summed E-state index contributed by atoms with van der Waals surface area (Å²) in [4.78, 5) is 29.1. The molecule has 1 fully saturated rings. The Labute approximate surface area is 124 Å². The molecule has 1 aliphatic rings. The fourth-order valence-corrected chi connectivity index (χ4v) is 3.07. The first-order valence-electron chi connectivity index (χ1n) is 7.16. The van der Waals surface area contributed by atoms with Gasteiger partial charge in [-0.25, -0.2) is 0 Å². The number of carboxylic acid groups (broad SMARTS) is 1. The van der Waals surface area contributed by atoms with Crippen LogP contribution in [-0.4, -0.2) is 34.6 Å². The summed E-state index contributed by atoms with van der Waals surface area (Å²) in [5.41, 5.74) is 8.01. The first-order valence-corrected chi connectivity index (χ1v) is 7.16. The Morgan fingerprint density at radius 3 is 2.76 bits per heavy atom. The van der Waals surface area contributed by atoms with Crippen LogP contribution in [0.1, 0.15) is 47.4 Å². The maximum absolute atomic E-state index is 11.8.